The molecule has 3 heterocycles. The third kappa shape index (κ3) is 5.88. The third-order valence-electron chi connectivity index (χ3n) is 9.84. The van der Waals surface area contributed by atoms with Crippen LogP contribution in [-0.4, -0.2) is 51.2 Å². The quantitative estimate of drug-likeness (QED) is 0.339. The molecule has 2 fully saturated rings. The van der Waals surface area contributed by atoms with Crippen LogP contribution in [0, 0.1) is 34.5 Å². The number of esters is 1. The summed E-state index contributed by atoms with van der Waals surface area (Å²) in [5, 5.41) is 38.9. The van der Waals surface area contributed by atoms with Crippen molar-refractivity contribution < 1.29 is 34.0 Å². The van der Waals surface area contributed by atoms with Gasteiger partial charge in [-0.25, -0.2) is 9.59 Å². The molecule has 3 aromatic rings. The maximum atomic E-state index is 13.4. The molecule has 1 aliphatic heterocycles. The number of nitriles is 1. The Morgan fingerprint density at radius 1 is 1.13 bits per heavy atom. The van der Waals surface area contributed by atoms with Crippen molar-refractivity contribution in [2.75, 3.05) is 7.11 Å². The molecule has 10 heteroatoms. The second kappa shape index (κ2) is 13.5. The molecule has 2 aromatic heterocycles. The molecule has 2 aliphatic carbocycles. The molecule has 1 aromatic carbocycles. The standard InChI is InChI=1S/C32H32N2O7.C2H6.CH4O/c1-17-21-13-25(40-29(37)19-8-6-18(15-33)7-9-19)32(3)28(31(21,2)11-10-22(17)35)27(36)26-24(41-32)14-23(39-30(26)38)20-5-4-12-34-16-20;2*1-2/h4-9,12,14,16-17,21-22,25,27-28,35-36H,10-11,13H2,1-3H3;1-2H3;2H,1H3. The van der Waals surface area contributed by atoms with E-state index in [1.165, 1.54) is 12.1 Å². The molecule has 3 aliphatic rings. The predicted octanol–water partition coefficient (Wildman–Crippen LogP) is 5.05. The highest BCUT2D eigenvalue weighted by molar-refractivity contribution is 5.89. The van der Waals surface area contributed by atoms with Gasteiger partial charge in [-0.2, -0.15) is 5.26 Å². The fraction of sp³-hybridized carbons (Fsp3) is 0.486. The highest BCUT2D eigenvalue weighted by Gasteiger charge is 2.67. The van der Waals surface area contributed by atoms with Gasteiger partial charge in [0.15, 0.2) is 0 Å². The first kappa shape index (κ1) is 33.8. The van der Waals surface area contributed by atoms with Crippen molar-refractivity contribution >= 4 is 5.97 Å². The summed E-state index contributed by atoms with van der Waals surface area (Å²) in [6.07, 6.45) is 2.14. The van der Waals surface area contributed by atoms with Gasteiger partial charge in [-0.05, 0) is 79.8 Å². The fourth-order valence-electron chi connectivity index (χ4n) is 7.70. The Bertz CT molecular complexity index is 1580. The van der Waals surface area contributed by atoms with Gasteiger partial charge in [-0.1, -0.05) is 27.7 Å². The second-order valence-electron chi connectivity index (χ2n) is 12.0. The molecule has 0 radical (unpaired) electrons. The Morgan fingerprint density at radius 3 is 2.44 bits per heavy atom. The van der Waals surface area contributed by atoms with Crippen LogP contribution in [0.2, 0.25) is 0 Å². The molecule has 240 valence electrons. The number of aliphatic hydroxyl groups is 3. The third-order valence-corrected chi connectivity index (χ3v) is 9.84. The highest BCUT2D eigenvalue weighted by Crippen LogP contribution is 2.64. The largest absolute Gasteiger partial charge is 0.482 e. The number of carbonyl (C=O) groups is 1. The van der Waals surface area contributed by atoms with Crippen LogP contribution in [0.25, 0.3) is 11.3 Å². The van der Waals surface area contributed by atoms with Crippen LogP contribution in [-0.2, 0) is 4.74 Å². The number of aromatic nitrogens is 1. The number of ether oxygens (including phenoxy) is 2. The summed E-state index contributed by atoms with van der Waals surface area (Å²) in [5.74, 6) is -1.05. The summed E-state index contributed by atoms with van der Waals surface area (Å²) < 4.78 is 18.5. The zero-order chi connectivity index (χ0) is 33.1. The van der Waals surface area contributed by atoms with Gasteiger partial charge >= 0.3 is 11.6 Å². The van der Waals surface area contributed by atoms with Gasteiger partial charge < -0.3 is 29.2 Å². The Labute approximate surface area is 263 Å². The van der Waals surface area contributed by atoms with Crippen LogP contribution >= 0.6 is 0 Å². The second-order valence-corrected chi connectivity index (χ2v) is 12.0. The maximum Gasteiger partial charge on any atom is 0.345 e. The van der Waals surface area contributed by atoms with Crippen LogP contribution in [0.5, 0.6) is 5.75 Å². The van der Waals surface area contributed by atoms with Gasteiger partial charge in [-0.15, -0.1) is 0 Å². The van der Waals surface area contributed by atoms with Gasteiger partial charge in [0, 0.05) is 37.1 Å². The van der Waals surface area contributed by atoms with Crippen molar-refractivity contribution in [1.29, 1.82) is 5.26 Å². The number of benzene rings is 1. The molecular weight excluding hydrogens is 576 g/mol. The molecule has 0 amide bonds. The van der Waals surface area contributed by atoms with E-state index in [4.69, 9.17) is 24.3 Å². The van der Waals surface area contributed by atoms with E-state index in [9.17, 15) is 19.8 Å². The topological polar surface area (TPSA) is 163 Å². The summed E-state index contributed by atoms with van der Waals surface area (Å²) in [6.45, 7) is 9.88. The summed E-state index contributed by atoms with van der Waals surface area (Å²) in [5.41, 5.74) is -1.11. The molecule has 6 rings (SSSR count). The monoisotopic (exact) mass is 618 g/mol. The lowest BCUT2D eigenvalue weighted by Gasteiger charge is -2.63. The number of pyridine rings is 1. The number of hydrogen-bond donors (Lipinski definition) is 3. The molecule has 8 atom stereocenters. The lowest BCUT2D eigenvalue weighted by molar-refractivity contribution is -0.241. The summed E-state index contributed by atoms with van der Waals surface area (Å²) in [6, 6.07) is 13.3. The van der Waals surface area contributed by atoms with E-state index in [2.05, 4.69) is 11.9 Å². The predicted molar refractivity (Wildman–Crippen MR) is 166 cm³/mol. The lowest BCUT2D eigenvalue weighted by atomic mass is 9.46. The van der Waals surface area contributed by atoms with E-state index < -0.39 is 46.8 Å². The van der Waals surface area contributed by atoms with Crippen molar-refractivity contribution in [2.45, 2.75) is 77.8 Å². The summed E-state index contributed by atoms with van der Waals surface area (Å²) in [7, 11) is 1.00. The Kier molecular flexibility index (Phi) is 10.2. The van der Waals surface area contributed by atoms with Crippen molar-refractivity contribution in [3.05, 3.63) is 82.0 Å². The Hall–Kier alpha value is -4.04. The molecule has 0 bridgehead atoms. The molecule has 3 N–H and O–H groups in total. The van der Waals surface area contributed by atoms with Crippen molar-refractivity contribution in [1.82, 2.24) is 4.98 Å². The van der Waals surface area contributed by atoms with E-state index in [0.29, 0.717) is 30.4 Å². The number of carbonyl (C=O) groups excluding carboxylic acids is 1. The molecule has 2 saturated carbocycles. The van der Waals surface area contributed by atoms with Gasteiger partial charge in [-0.3, -0.25) is 4.98 Å². The first-order valence-electron chi connectivity index (χ1n) is 15.4. The van der Waals surface area contributed by atoms with E-state index in [1.807, 2.05) is 33.8 Å². The van der Waals surface area contributed by atoms with Crippen molar-refractivity contribution in [2.24, 2.45) is 23.2 Å². The van der Waals surface area contributed by atoms with Gasteiger partial charge in [0.25, 0.3) is 0 Å². The number of hydrogen-bond acceptors (Lipinski definition) is 10. The molecule has 0 saturated heterocycles. The van der Waals surface area contributed by atoms with Gasteiger partial charge in [0.1, 0.15) is 28.8 Å². The fourth-order valence-corrected chi connectivity index (χ4v) is 7.70. The molecule has 10 nitrogen and oxygen atoms in total. The van der Waals surface area contributed by atoms with Crippen LogP contribution < -0.4 is 10.4 Å². The van der Waals surface area contributed by atoms with Crippen LogP contribution in [0.4, 0.5) is 0 Å². The minimum atomic E-state index is -1.26. The average molecular weight is 619 g/mol. The zero-order valence-electron chi connectivity index (χ0n) is 26.6. The SMILES string of the molecule is CC.CC1C(O)CCC2(C)C1CC(OC(=O)c1ccc(C#N)cc1)C1(C)Oc3cc(-c4cccnc4)oc(=O)c3C(O)C21.CO. The summed E-state index contributed by atoms with van der Waals surface area (Å²) >= 11 is 0. The normalized spacial score (nSPS) is 31.0. The van der Waals surface area contributed by atoms with E-state index >= 15 is 0 Å². The molecule has 45 heavy (non-hydrogen) atoms. The average Bonchev–Trinajstić information content (AvgIpc) is 3.05. The molecule has 0 spiro atoms. The minimum Gasteiger partial charge on any atom is -0.482 e. The minimum absolute atomic E-state index is 0.0398. The lowest BCUT2D eigenvalue weighted by Crippen LogP contribution is -2.69. The first-order valence-corrected chi connectivity index (χ1v) is 15.4. The van der Waals surface area contributed by atoms with Gasteiger partial charge in [0.05, 0.1) is 29.4 Å². The Morgan fingerprint density at radius 2 is 1.82 bits per heavy atom. The van der Waals surface area contributed by atoms with Crippen LogP contribution in [0.1, 0.15) is 81.5 Å². The van der Waals surface area contributed by atoms with E-state index in [1.54, 1.807) is 42.7 Å². The smallest absolute Gasteiger partial charge is 0.345 e. The van der Waals surface area contributed by atoms with Crippen molar-refractivity contribution in [3.63, 3.8) is 0 Å². The molecule has 8 unspecified atom stereocenters. The van der Waals surface area contributed by atoms with Crippen molar-refractivity contribution in [3.8, 4) is 23.1 Å². The van der Waals surface area contributed by atoms with Crippen LogP contribution in [0.15, 0.2) is 64.1 Å². The Balaban J connectivity index is 0.00000111. The van der Waals surface area contributed by atoms with Gasteiger partial charge in [0.2, 0.25) is 0 Å². The zero-order valence-corrected chi connectivity index (χ0v) is 26.6. The molecular formula is C35H42N2O8. The van der Waals surface area contributed by atoms with E-state index in [-0.39, 0.29) is 34.5 Å². The maximum absolute atomic E-state index is 13.4. The number of rotatable bonds is 3. The summed E-state index contributed by atoms with van der Waals surface area (Å²) in [4.78, 5) is 30.8. The number of nitrogens with zero attached hydrogens (tertiary/aromatic N) is 2. The van der Waals surface area contributed by atoms with Crippen LogP contribution in [0.3, 0.4) is 0 Å². The number of aliphatic hydroxyl groups excluding tert-OH is 3. The number of fused-ring (bicyclic) bond motifs is 4. The first-order chi connectivity index (χ1) is 21.6. The van der Waals surface area contributed by atoms with E-state index in [0.717, 1.165) is 7.11 Å². The highest BCUT2D eigenvalue weighted by atomic mass is 16.6.